The Morgan fingerprint density at radius 2 is 2.00 bits per heavy atom. The molecule has 1 amide bonds. The van der Waals surface area contributed by atoms with E-state index in [1.54, 1.807) is 6.92 Å². The topological polar surface area (TPSA) is 76.1 Å². The lowest BCUT2D eigenvalue weighted by atomic mass is 9.89. The molecule has 1 saturated heterocycles. The summed E-state index contributed by atoms with van der Waals surface area (Å²) in [5, 5.41) is 10.6. The predicted molar refractivity (Wildman–Crippen MR) is 102 cm³/mol. The molecule has 1 N–H and O–H groups in total. The van der Waals surface area contributed by atoms with Crippen LogP contribution in [0.1, 0.15) is 12.5 Å². The Bertz CT molecular complexity index is 681. The molecule has 1 heterocycles. The number of carbonyl (C=O) groups excluding carboxylic acids is 2. The molecule has 0 aromatic heterocycles. The van der Waals surface area contributed by atoms with Crippen molar-refractivity contribution < 1.29 is 24.2 Å². The summed E-state index contributed by atoms with van der Waals surface area (Å²) in [6.07, 6.45) is -0.932. The van der Waals surface area contributed by atoms with Crippen molar-refractivity contribution in [2.24, 2.45) is 5.92 Å². The summed E-state index contributed by atoms with van der Waals surface area (Å²) in [5.41, 5.74) is -0.509. The van der Waals surface area contributed by atoms with Gasteiger partial charge in [0.25, 0.3) is 16.2 Å². The van der Waals surface area contributed by atoms with Gasteiger partial charge in [0.1, 0.15) is 17.9 Å². The van der Waals surface area contributed by atoms with Crippen LogP contribution >= 0.6 is 34.8 Å². The minimum absolute atomic E-state index is 0.127. The summed E-state index contributed by atoms with van der Waals surface area (Å²) >= 11 is 17.3. The monoisotopic (exact) mass is 435 g/mol. The average molecular weight is 437 g/mol. The Morgan fingerprint density at radius 1 is 1.37 bits per heavy atom. The van der Waals surface area contributed by atoms with Crippen molar-refractivity contribution >= 4 is 47.2 Å². The standard InChI is InChI=1S/C18H20Cl3NO5/c1-3-17(10-26-9-13-7-5-4-6-8-13)14(27-11-23)12(2)15(24)22(17)16(25)18(19,20)21/h3-8,11-12,14-15,24H,1,9-10H2,2H3/t12-,14+,15?,17-/m1/s1. The quantitative estimate of drug-likeness (QED) is 0.404. The number of rotatable bonds is 7. The molecule has 1 aromatic carbocycles. The van der Waals surface area contributed by atoms with Gasteiger partial charge in [-0.1, -0.05) is 78.1 Å². The van der Waals surface area contributed by atoms with E-state index in [1.807, 2.05) is 30.3 Å². The van der Waals surface area contributed by atoms with E-state index in [0.717, 1.165) is 10.5 Å². The van der Waals surface area contributed by atoms with Gasteiger partial charge in [-0.15, -0.1) is 6.58 Å². The highest BCUT2D eigenvalue weighted by Crippen LogP contribution is 2.44. The first-order valence-electron chi connectivity index (χ1n) is 8.12. The number of carbonyl (C=O) groups is 2. The van der Waals surface area contributed by atoms with Crippen LogP contribution in [0, 0.1) is 5.92 Å². The summed E-state index contributed by atoms with van der Waals surface area (Å²) in [4.78, 5) is 24.7. The van der Waals surface area contributed by atoms with E-state index in [2.05, 4.69) is 6.58 Å². The number of likely N-dealkylation sites (tertiary alicyclic amines) is 1. The van der Waals surface area contributed by atoms with Gasteiger partial charge in [0.05, 0.1) is 13.2 Å². The first-order chi connectivity index (χ1) is 12.7. The highest BCUT2D eigenvalue weighted by molar-refractivity contribution is 6.76. The maximum Gasteiger partial charge on any atom is 0.293 e. The minimum atomic E-state index is -2.32. The fraction of sp³-hybridized carbons (Fsp3) is 0.444. The maximum absolute atomic E-state index is 12.7. The van der Waals surface area contributed by atoms with Crippen LogP contribution in [0.4, 0.5) is 0 Å². The molecule has 1 aliphatic heterocycles. The van der Waals surface area contributed by atoms with Crippen molar-refractivity contribution in [3.8, 4) is 0 Å². The van der Waals surface area contributed by atoms with Gasteiger partial charge in [0, 0.05) is 5.92 Å². The van der Waals surface area contributed by atoms with Crippen molar-refractivity contribution in [1.82, 2.24) is 4.90 Å². The third-order valence-corrected chi connectivity index (χ3v) is 5.10. The molecule has 0 saturated carbocycles. The smallest absolute Gasteiger partial charge is 0.293 e. The SMILES string of the molecule is C=C[C@@]1(COCc2ccccc2)[C@@H](OC=O)[C@@H](C)C(O)N1C(=O)C(Cl)(Cl)Cl. The summed E-state index contributed by atoms with van der Waals surface area (Å²) < 4.78 is 8.62. The highest BCUT2D eigenvalue weighted by atomic mass is 35.6. The molecule has 0 spiro atoms. The molecule has 1 fully saturated rings. The maximum atomic E-state index is 12.7. The van der Waals surface area contributed by atoms with Gasteiger partial charge in [0.15, 0.2) is 0 Å². The first kappa shape index (κ1) is 22.0. The lowest BCUT2D eigenvalue weighted by Crippen LogP contribution is -2.59. The first-order valence-corrected chi connectivity index (χ1v) is 9.25. The van der Waals surface area contributed by atoms with Gasteiger partial charge < -0.3 is 14.6 Å². The molecule has 6 nitrogen and oxygen atoms in total. The number of hydrogen-bond donors (Lipinski definition) is 1. The number of amides is 1. The largest absolute Gasteiger partial charge is 0.461 e. The molecule has 1 aromatic rings. The van der Waals surface area contributed by atoms with Crippen molar-refractivity contribution in [3.63, 3.8) is 0 Å². The van der Waals surface area contributed by atoms with Gasteiger partial charge in [0.2, 0.25) is 0 Å². The average Bonchev–Trinajstić information content (AvgIpc) is 2.83. The second-order valence-corrected chi connectivity index (χ2v) is 8.55. The van der Waals surface area contributed by atoms with Crippen LogP contribution < -0.4 is 0 Å². The van der Waals surface area contributed by atoms with Crippen molar-refractivity contribution in [3.05, 3.63) is 48.6 Å². The van der Waals surface area contributed by atoms with Crippen molar-refractivity contribution in [2.45, 2.75) is 35.2 Å². The molecule has 1 aliphatic rings. The normalized spacial score (nSPS) is 28.0. The number of nitrogens with zero attached hydrogens (tertiary/aromatic N) is 1. The Morgan fingerprint density at radius 3 is 2.52 bits per heavy atom. The number of ether oxygens (including phenoxy) is 2. The molecular weight excluding hydrogens is 417 g/mol. The van der Waals surface area contributed by atoms with Crippen LogP contribution in [-0.4, -0.2) is 50.7 Å². The van der Waals surface area contributed by atoms with Crippen molar-refractivity contribution in [1.29, 1.82) is 0 Å². The minimum Gasteiger partial charge on any atom is -0.461 e. The third-order valence-electron chi connectivity index (χ3n) is 4.62. The zero-order chi connectivity index (χ0) is 20.2. The summed E-state index contributed by atoms with van der Waals surface area (Å²) in [5.74, 6) is -1.63. The number of alkyl halides is 3. The molecule has 4 atom stereocenters. The van der Waals surface area contributed by atoms with Gasteiger partial charge in [-0.3, -0.25) is 14.5 Å². The fourth-order valence-electron chi connectivity index (χ4n) is 3.31. The van der Waals surface area contributed by atoms with Crippen LogP contribution in [0.2, 0.25) is 0 Å². The van der Waals surface area contributed by atoms with Crippen LogP contribution in [-0.2, 0) is 25.7 Å². The molecule has 9 heteroatoms. The number of halogens is 3. The molecule has 0 bridgehead atoms. The Hall–Kier alpha value is -1.31. The zero-order valence-electron chi connectivity index (χ0n) is 14.6. The molecule has 148 valence electrons. The second-order valence-electron chi connectivity index (χ2n) is 6.27. The Labute approximate surface area is 172 Å². The van der Waals surface area contributed by atoms with Crippen LogP contribution in [0.5, 0.6) is 0 Å². The molecule has 2 rings (SSSR count). The fourth-order valence-corrected chi connectivity index (χ4v) is 3.58. The van der Waals surface area contributed by atoms with E-state index in [0.29, 0.717) is 0 Å². The van der Waals surface area contributed by atoms with Gasteiger partial charge in [-0.05, 0) is 5.56 Å². The molecule has 1 unspecified atom stereocenters. The molecular formula is C18H20Cl3NO5. The summed E-state index contributed by atoms with van der Waals surface area (Å²) in [6, 6.07) is 9.34. The third kappa shape index (κ3) is 4.41. The van der Waals surface area contributed by atoms with Gasteiger partial charge >= 0.3 is 0 Å². The van der Waals surface area contributed by atoms with E-state index in [1.165, 1.54) is 6.08 Å². The zero-order valence-corrected chi connectivity index (χ0v) is 16.8. The predicted octanol–water partition coefficient (Wildman–Crippen LogP) is 2.84. The number of aliphatic hydroxyl groups excluding tert-OH is 1. The van der Waals surface area contributed by atoms with E-state index < -0.39 is 33.5 Å². The summed E-state index contributed by atoms with van der Waals surface area (Å²) in [7, 11) is 0. The molecule has 0 radical (unpaired) electrons. The molecule has 0 aliphatic carbocycles. The second kappa shape index (κ2) is 8.80. The Balaban J connectivity index is 2.35. The van der Waals surface area contributed by atoms with E-state index in [-0.39, 0.29) is 19.7 Å². The Kier molecular flexibility index (Phi) is 7.16. The highest BCUT2D eigenvalue weighted by Gasteiger charge is 2.61. The molecule has 27 heavy (non-hydrogen) atoms. The van der Waals surface area contributed by atoms with E-state index in [9.17, 15) is 14.7 Å². The van der Waals surface area contributed by atoms with E-state index >= 15 is 0 Å². The number of aliphatic hydroxyl groups is 1. The summed E-state index contributed by atoms with van der Waals surface area (Å²) in [6.45, 7) is 5.70. The van der Waals surface area contributed by atoms with Crippen LogP contribution in [0.15, 0.2) is 43.0 Å². The van der Waals surface area contributed by atoms with Gasteiger partial charge in [-0.2, -0.15) is 0 Å². The lowest BCUT2D eigenvalue weighted by Gasteiger charge is -2.40. The van der Waals surface area contributed by atoms with Gasteiger partial charge in [-0.25, -0.2) is 0 Å². The van der Waals surface area contributed by atoms with Crippen LogP contribution in [0.25, 0.3) is 0 Å². The van der Waals surface area contributed by atoms with E-state index in [4.69, 9.17) is 44.3 Å². The van der Waals surface area contributed by atoms with Crippen molar-refractivity contribution in [2.75, 3.05) is 6.61 Å². The number of benzene rings is 1. The lowest BCUT2D eigenvalue weighted by molar-refractivity contribution is -0.152. The van der Waals surface area contributed by atoms with Crippen LogP contribution in [0.3, 0.4) is 0 Å². The number of hydrogen-bond acceptors (Lipinski definition) is 5.